The van der Waals surface area contributed by atoms with Crippen molar-refractivity contribution in [3.63, 3.8) is 0 Å². The standard InChI is InChI=1S/C14H18O3/c1-2-6-11(7-3-1)14-12(17-14)10-16-13-8-4-5-9-15-13/h1-3,6-7,12-14H,4-5,8-10H2/t12-,13?,14+/m0/s1. The molecule has 1 aromatic carbocycles. The van der Waals surface area contributed by atoms with Crippen molar-refractivity contribution in [1.29, 1.82) is 0 Å². The maximum atomic E-state index is 5.71. The molecule has 2 saturated heterocycles. The van der Waals surface area contributed by atoms with Gasteiger partial charge in [-0.1, -0.05) is 30.3 Å². The first-order valence-electron chi connectivity index (χ1n) is 6.37. The fourth-order valence-corrected chi connectivity index (χ4v) is 2.25. The van der Waals surface area contributed by atoms with E-state index in [4.69, 9.17) is 14.2 Å². The lowest BCUT2D eigenvalue weighted by atomic mass is 10.1. The zero-order valence-corrected chi connectivity index (χ0v) is 9.88. The Balaban J connectivity index is 1.43. The van der Waals surface area contributed by atoms with Gasteiger partial charge in [0, 0.05) is 6.61 Å². The second-order valence-electron chi connectivity index (χ2n) is 4.64. The molecule has 0 aromatic heterocycles. The van der Waals surface area contributed by atoms with Crippen LogP contribution in [0.4, 0.5) is 0 Å². The zero-order valence-electron chi connectivity index (χ0n) is 9.88. The number of benzene rings is 1. The number of hydrogen-bond donors (Lipinski definition) is 0. The van der Waals surface area contributed by atoms with Gasteiger partial charge in [0.15, 0.2) is 6.29 Å². The molecule has 0 aliphatic carbocycles. The van der Waals surface area contributed by atoms with Crippen molar-refractivity contribution >= 4 is 0 Å². The molecule has 3 atom stereocenters. The molecular formula is C14H18O3. The van der Waals surface area contributed by atoms with Crippen LogP contribution in [0, 0.1) is 0 Å². The molecular weight excluding hydrogens is 216 g/mol. The summed E-state index contributed by atoms with van der Waals surface area (Å²) in [6.45, 7) is 1.47. The van der Waals surface area contributed by atoms with E-state index in [9.17, 15) is 0 Å². The molecule has 1 unspecified atom stereocenters. The van der Waals surface area contributed by atoms with Crippen LogP contribution in [0.15, 0.2) is 30.3 Å². The molecule has 0 N–H and O–H groups in total. The summed E-state index contributed by atoms with van der Waals surface area (Å²) in [5.41, 5.74) is 1.24. The van der Waals surface area contributed by atoms with E-state index in [-0.39, 0.29) is 18.5 Å². The molecule has 2 aliphatic heterocycles. The van der Waals surface area contributed by atoms with Crippen LogP contribution in [0.1, 0.15) is 30.9 Å². The Bertz CT molecular complexity index is 346. The van der Waals surface area contributed by atoms with Crippen LogP contribution in [0.5, 0.6) is 0 Å². The average molecular weight is 234 g/mol. The molecule has 3 heteroatoms. The van der Waals surface area contributed by atoms with Gasteiger partial charge in [0.1, 0.15) is 12.2 Å². The first-order chi connectivity index (χ1) is 8.43. The van der Waals surface area contributed by atoms with Crippen molar-refractivity contribution in [3.8, 4) is 0 Å². The molecule has 2 fully saturated rings. The van der Waals surface area contributed by atoms with Gasteiger partial charge < -0.3 is 14.2 Å². The minimum atomic E-state index is -0.00984. The predicted octanol–water partition coefficient (Wildman–Crippen LogP) is 2.67. The molecule has 3 nitrogen and oxygen atoms in total. The largest absolute Gasteiger partial charge is 0.362 e. The maximum absolute atomic E-state index is 5.71. The van der Waals surface area contributed by atoms with E-state index in [1.165, 1.54) is 12.0 Å². The summed E-state index contributed by atoms with van der Waals surface area (Å²) in [6, 6.07) is 10.3. The Morgan fingerprint density at radius 3 is 2.82 bits per heavy atom. The van der Waals surface area contributed by atoms with Gasteiger partial charge in [0.05, 0.1) is 6.61 Å². The van der Waals surface area contributed by atoms with Crippen molar-refractivity contribution in [2.45, 2.75) is 37.8 Å². The summed E-state index contributed by atoms with van der Waals surface area (Å²) >= 11 is 0. The van der Waals surface area contributed by atoms with Crippen molar-refractivity contribution < 1.29 is 14.2 Å². The second-order valence-corrected chi connectivity index (χ2v) is 4.64. The summed E-state index contributed by atoms with van der Waals surface area (Å²) in [7, 11) is 0. The van der Waals surface area contributed by atoms with Gasteiger partial charge in [-0.3, -0.25) is 0 Å². The smallest absolute Gasteiger partial charge is 0.157 e. The Labute approximate surface area is 102 Å². The van der Waals surface area contributed by atoms with E-state index in [2.05, 4.69) is 12.1 Å². The monoisotopic (exact) mass is 234 g/mol. The third kappa shape index (κ3) is 2.86. The topological polar surface area (TPSA) is 31.0 Å². The third-order valence-electron chi connectivity index (χ3n) is 3.29. The van der Waals surface area contributed by atoms with Gasteiger partial charge in [-0.2, -0.15) is 0 Å². The Morgan fingerprint density at radius 2 is 2.06 bits per heavy atom. The summed E-state index contributed by atoms with van der Waals surface area (Å²) < 4.78 is 16.8. The summed E-state index contributed by atoms with van der Waals surface area (Å²) in [4.78, 5) is 0. The van der Waals surface area contributed by atoms with Gasteiger partial charge in [-0.15, -0.1) is 0 Å². The maximum Gasteiger partial charge on any atom is 0.157 e. The summed E-state index contributed by atoms with van der Waals surface area (Å²) in [5.74, 6) is 0. The van der Waals surface area contributed by atoms with Gasteiger partial charge in [0.25, 0.3) is 0 Å². The van der Waals surface area contributed by atoms with Crippen LogP contribution in [0.2, 0.25) is 0 Å². The molecule has 0 amide bonds. The normalized spacial score (nSPS) is 32.4. The van der Waals surface area contributed by atoms with Crippen molar-refractivity contribution in [3.05, 3.63) is 35.9 Å². The Kier molecular flexibility index (Phi) is 3.41. The minimum absolute atomic E-state index is 0.00984. The van der Waals surface area contributed by atoms with Gasteiger partial charge in [-0.25, -0.2) is 0 Å². The quantitative estimate of drug-likeness (QED) is 0.750. The van der Waals surface area contributed by atoms with Crippen molar-refractivity contribution in [2.75, 3.05) is 13.2 Å². The predicted molar refractivity (Wildman–Crippen MR) is 63.6 cm³/mol. The molecule has 17 heavy (non-hydrogen) atoms. The summed E-state index contributed by atoms with van der Waals surface area (Å²) in [6.07, 6.45) is 3.81. The molecule has 0 saturated carbocycles. The first kappa shape index (κ1) is 11.2. The number of rotatable bonds is 4. The molecule has 1 aromatic rings. The van der Waals surface area contributed by atoms with E-state index in [1.807, 2.05) is 18.2 Å². The first-order valence-corrected chi connectivity index (χ1v) is 6.37. The fourth-order valence-electron chi connectivity index (χ4n) is 2.25. The molecule has 0 bridgehead atoms. The highest BCUT2D eigenvalue weighted by molar-refractivity contribution is 5.22. The Hall–Kier alpha value is -0.900. The highest BCUT2D eigenvalue weighted by atomic mass is 16.7. The third-order valence-corrected chi connectivity index (χ3v) is 3.29. The summed E-state index contributed by atoms with van der Waals surface area (Å²) in [5, 5.41) is 0. The van der Waals surface area contributed by atoms with Crippen molar-refractivity contribution in [1.82, 2.24) is 0 Å². The lowest BCUT2D eigenvalue weighted by Crippen LogP contribution is -2.24. The number of ether oxygens (including phenoxy) is 3. The molecule has 3 rings (SSSR count). The molecule has 0 radical (unpaired) electrons. The molecule has 2 aliphatic rings. The SMILES string of the molecule is c1ccc([C@H]2O[C@H]2COC2CCCCO2)cc1. The van der Waals surface area contributed by atoms with Crippen LogP contribution < -0.4 is 0 Å². The minimum Gasteiger partial charge on any atom is -0.362 e. The second kappa shape index (κ2) is 5.17. The van der Waals surface area contributed by atoms with Crippen LogP contribution in [0.3, 0.4) is 0 Å². The van der Waals surface area contributed by atoms with E-state index in [0.29, 0.717) is 6.61 Å². The zero-order chi connectivity index (χ0) is 11.5. The molecule has 0 spiro atoms. The average Bonchev–Trinajstić information content (AvgIpc) is 3.18. The highest BCUT2D eigenvalue weighted by Gasteiger charge is 2.40. The highest BCUT2D eigenvalue weighted by Crippen LogP contribution is 2.38. The lowest BCUT2D eigenvalue weighted by molar-refractivity contribution is -0.164. The van der Waals surface area contributed by atoms with E-state index < -0.39 is 0 Å². The van der Waals surface area contributed by atoms with Gasteiger partial charge in [0.2, 0.25) is 0 Å². The van der Waals surface area contributed by atoms with Crippen LogP contribution in [-0.2, 0) is 14.2 Å². The number of hydrogen-bond acceptors (Lipinski definition) is 3. The van der Waals surface area contributed by atoms with E-state index >= 15 is 0 Å². The number of epoxide rings is 1. The van der Waals surface area contributed by atoms with Crippen LogP contribution >= 0.6 is 0 Å². The lowest BCUT2D eigenvalue weighted by Gasteiger charge is -2.22. The fraction of sp³-hybridized carbons (Fsp3) is 0.571. The van der Waals surface area contributed by atoms with Crippen molar-refractivity contribution in [2.24, 2.45) is 0 Å². The molecule has 92 valence electrons. The van der Waals surface area contributed by atoms with E-state index in [1.54, 1.807) is 0 Å². The van der Waals surface area contributed by atoms with Gasteiger partial charge >= 0.3 is 0 Å². The van der Waals surface area contributed by atoms with Crippen LogP contribution in [-0.4, -0.2) is 25.6 Å². The molecule has 2 heterocycles. The van der Waals surface area contributed by atoms with E-state index in [0.717, 1.165) is 19.4 Å². The Morgan fingerprint density at radius 1 is 1.18 bits per heavy atom. The van der Waals surface area contributed by atoms with Crippen LogP contribution in [0.25, 0.3) is 0 Å². The van der Waals surface area contributed by atoms with Gasteiger partial charge in [-0.05, 0) is 24.8 Å².